The van der Waals surface area contributed by atoms with Crippen molar-refractivity contribution in [3.63, 3.8) is 0 Å². The van der Waals surface area contributed by atoms with Crippen LogP contribution in [-0.2, 0) is 4.79 Å². The standard InChI is InChI=1S/C18H17F2N5O3S/c1-27-10-6-7-11(14(8-10)28-2)17-23-24-18(25(17)21)29-9-15(26)22-16-12(19)4-3-5-13(16)20/h3-8H,9,21H2,1-2H3,(H,22,26). The van der Waals surface area contributed by atoms with Gasteiger partial charge in [-0.25, -0.2) is 13.5 Å². The van der Waals surface area contributed by atoms with E-state index in [-0.39, 0.29) is 10.9 Å². The van der Waals surface area contributed by atoms with Crippen LogP contribution in [0.3, 0.4) is 0 Å². The van der Waals surface area contributed by atoms with Crippen LogP contribution in [0.5, 0.6) is 11.5 Å². The highest BCUT2D eigenvalue weighted by Gasteiger charge is 2.18. The molecule has 2 aromatic carbocycles. The van der Waals surface area contributed by atoms with Crippen LogP contribution in [0.2, 0.25) is 0 Å². The van der Waals surface area contributed by atoms with E-state index in [1.165, 1.54) is 25.0 Å². The lowest BCUT2D eigenvalue weighted by molar-refractivity contribution is -0.113. The summed E-state index contributed by atoms with van der Waals surface area (Å²) in [5, 5.41) is 10.4. The fourth-order valence-corrected chi connectivity index (χ4v) is 3.12. The quantitative estimate of drug-likeness (QED) is 0.446. The summed E-state index contributed by atoms with van der Waals surface area (Å²) in [4.78, 5) is 12.1. The van der Waals surface area contributed by atoms with Crippen molar-refractivity contribution in [2.24, 2.45) is 0 Å². The molecule has 0 spiro atoms. The van der Waals surface area contributed by atoms with Gasteiger partial charge in [-0.05, 0) is 24.3 Å². The topological polar surface area (TPSA) is 104 Å². The first-order valence-corrected chi connectivity index (χ1v) is 9.22. The maximum atomic E-state index is 13.6. The van der Waals surface area contributed by atoms with E-state index in [0.717, 1.165) is 23.9 Å². The zero-order chi connectivity index (χ0) is 21.0. The molecule has 3 N–H and O–H groups in total. The minimum atomic E-state index is -0.862. The molecule has 1 aromatic heterocycles. The molecular formula is C18H17F2N5O3S. The van der Waals surface area contributed by atoms with E-state index >= 15 is 0 Å². The predicted molar refractivity (Wildman–Crippen MR) is 104 cm³/mol. The molecule has 0 fully saturated rings. The zero-order valence-electron chi connectivity index (χ0n) is 15.5. The van der Waals surface area contributed by atoms with Gasteiger partial charge in [0.05, 0.1) is 25.5 Å². The zero-order valence-corrected chi connectivity index (χ0v) is 16.3. The van der Waals surface area contributed by atoms with Gasteiger partial charge in [0.1, 0.15) is 28.8 Å². The number of anilines is 1. The molecule has 0 unspecified atom stereocenters. The number of carbonyl (C=O) groups is 1. The Morgan fingerprint density at radius 2 is 1.90 bits per heavy atom. The van der Waals surface area contributed by atoms with Gasteiger partial charge in [-0.15, -0.1) is 10.2 Å². The lowest BCUT2D eigenvalue weighted by Crippen LogP contribution is -2.18. The first kappa shape index (κ1) is 20.4. The number of nitrogens with one attached hydrogen (secondary N) is 1. The first-order valence-electron chi connectivity index (χ1n) is 8.24. The predicted octanol–water partition coefficient (Wildman–Crippen LogP) is 2.69. The average Bonchev–Trinajstić information content (AvgIpc) is 3.09. The van der Waals surface area contributed by atoms with Crippen molar-refractivity contribution < 1.29 is 23.0 Å². The molecule has 0 radical (unpaired) electrons. The van der Waals surface area contributed by atoms with Gasteiger partial charge in [0.25, 0.3) is 0 Å². The second kappa shape index (κ2) is 8.78. The van der Waals surface area contributed by atoms with Crippen LogP contribution >= 0.6 is 11.8 Å². The minimum Gasteiger partial charge on any atom is -0.497 e. The number of hydrogen-bond donors (Lipinski definition) is 2. The summed E-state index contributed by atoms with van der Waals surface area (Å²) < 4.78 is 38.9. The highest BCUT2D eigenvalue weighted by Crippen LogP contribution is 2.33. The Morgan fingerprint density at radius 3 is 2.55 bits per heavy atom. The normalized spacial score (nSPS) is 10.6. The molecule has 0 aliphatic heterocycles. The van der Waals surface area contributed by atoms with Gasteiger partial charge in [0.15, 0.2) is 5.82 Å². The van der Waals surface area contributed by atoms with E-state index < -0.39 is 23.2 Å². The Bertz CT molecular complexity index is 1020. The molecule has 29 heavy (non-hydrogen) atoms. The number of methoxy groups -OCH3 is 2. The van der Waals surface area contributed by atoms with Crippen molar-refractivity contribution in [1.82, 2.24) is 14.9 Å². The molecule has 3 aromatic rings. The molecule has 0 saturated heterocycles. The summed E-state index contributed by atoms with van der Waals surface area (Å²) in [6.45, 7) is 0. The molecular weight excluding hydrogens is 404 g/mol. The van der Waals surface area contributed by atoms with Crippen LogP contribution in [0, 0.1) is 11.6 Å². The monoisotopic (exact) mass is 421 g/mol. The molecule has 3 rings (SSSR count). The van der Waals surface area contributed by atoms with E-state index in [1.807, 2.05) is 0 Å². The number of aromatic nitrogens is 3. The van der Waals surface area contributed by atoms with Gasteiger partial charge in [-0.3, -0.25) is 4.79 Å². The number of para-hydroxylation sites is 1. The second-order valence-corrected chi connectivity index (χ2v) is 6.62. The third-order valence-electron chi connectivity index (χ3n) is 3.87. The van der Waals surface area contributed by atoms with Crippen LogP contribution in [-0.4, -0.2) is 40.8 Å². The number of nitrogen functional groups attached to an aromatic ring is 1. The highest BCUT2D eigenvalue weighted by molar-refractivity contribution is 7.99. The third kappa shape index (κ3) is 4.40. The van der Waals surface area contributed by atoms with Crippen LogP contribution in [0.15, 0.2) is 41.6 Å². The first-order chi connectivity index (χ1) is 13.9. The van der Waals surface area contributed by atoms with Crippen molar-refractivity contribution >= 4 is 23.4 Å². The van der Waals surface area contributed by atoms with Crippen LogP contribution in [0.4, 0.5) is 14.5 Å². The molecule has 1 amide bonds. The van der Waals surface area contributed by atoms with Gasteiger partial charge >= 0.3 is 0 Å². The molecule has 0 bridgehead atoms. The molecule has 1 heterocycles. The summed E-state index contributed by atoms with van der Waals surface area (Å²) >= 11 is 0.965. The second-order valence-electron chi connectivity index (χ2n) is 5.68. The van der Waals surface area contributed by atoms with Crippen molar-refractivity contribution in [2.75, 3.05) is 31.1 Å². The van der Waals surface area contributed by atoms with Gasteiger partial charge in [-0.2, -0.15) is 0 Å². The van der Waals surface area contributed by atoms with Crippen molar-refractivity contribution in [3.05, 3.63) is 48.0 Å². The Morgan fingerprint density at radius 1 is 1.17 bits per heavy atom. The molecule has 0 atom stereocenters. The number of amides is 1. The van der Waals surface area contributed by atoms with E-state index in [1.54, 1.807) is 18.2 Å². The molecule has 11 heteroatoms. The van der Waals surface area contributed by atoms with Crippen molar-refractivity contribution in [1.29, 1.82) is 0 Å². The number of ether oxygens (including phenoxy) is 2. The Hall–Kier alpha value is -3.34. The number of hydrogen-bond acceptors (Lipinski definition) is 7. The summed E-state index contributed by atoms with van der Waals surface area (Å²) in [5.74, 6) is 4.92. The van der Waals surface area contributed by atoms with E-state index in [4.69, 9.17) is 15.3 Å². The third-order valence-corrected chi connectivity index (χ3v) is 4.82. The fourth-order valence-electron chi connectivity index (χ4n) is 2.47. The average molecular weight is 421 g/mol. The minimum absolute atomic E-state index is 0.178. The van der Waals surface area contributed by atoms with Gasteiger partial charge in [0.2, 0.25) is 11.1 Å². The maximum absolute atomic E-state index is 13.6. The SMILES string of the molecule is COc1ccc(-c2nnc(SCC(=O)Nc3c(F)cccc3F)n2N)c(OC)c1. The van der Waals surface area contributed by atoms with Crippen molar-refractivity contribution in [3.8, 4) is 22.9 Å². The highest BCUT2D eigenvalue weighted by atomic mass is 32.2. The number of nitrogens with zero attached hydrogens (tertiary/aromatic N) is 3. The molecule has 0 saturated carbocycles. The summed E-state index contributed by atoms with van der Waals surface area (Å²) in [6.07, 6.45) is 0. The Kier molecular flexibility index (Phi) is 6.17. The van der Waals surface area contributed by atoms with Crippen LogP contribution in [0.1, 0.15) is 0 Å². The molecule has 0 aliphatic rings. The molecule has 8 nitrogen and oxygen atoms in total. The Labute approximate surface area is 169 Å². The largest absolute Gasteiger partial charge is 0.497 e. The van der Waals surface area contributed by atoms with Crippen molar-refractivity contribution in [2.45, 2.75) is 5.16 Å². The lowest BCUT2D eigenvalue weighted by Gasteiger charge is -2.10. The maximum Gasteiger partial charge on any atom is 0.235 e. The number of benzene rings is 2. The fraction of sp³-hybridized carbons (Fsp3) is 0.167. The van der Waals surface area contributed by atoms with E-state index in [9.17, 15) is 13.6 Å². The number of carbonyl (C=O) groups excluding carboxylic acids is 1. The summed E-state index contributed by atoms with van der Waals surface area (Å²) in [5.41, 5.74) is 0.0732. The lowest BCUT2D eigenvalue weighted by atomic mass is 10.2. The molecule has 152 valence electrons. The number of rotatable bonds is 7. The number of thioether (sulfide) groups is 1. The van der Waals surface area contributed by atoms with Gasteiger partial charge in [-0.1, -0.05) is 17.8 Å². The van der Waals surface area contributed by atoms with E-state index in [0.29, 0.717) is 22.9 Å². The molecule has 0 aliphatic carbocycles. The van der Waals surface area contributed by atoms with Crippen LogP contribution < -0.4 is 20.6 Å². The summed E-state index contributed by atoms with van der Waals surface area (Å²) in [6, 6.07) is 8.42. The Balaban J connectivity index is 1.73. The number of nitrogens with two attached hydrogens (primary N) is 1. The number of halogens is 2. The van der Waals surface area contributed by atoms with Crippen LogP contribution in [0.25, 0.3) is 11.4 Å². The summed E-state index contributed by atoms with van der Waals surface area (Å²) in [7, 11) is 3.03. The smallest absolute Gasteiger partial charge is 0.235 e. The van der Waals surface area contributed by atoms with Gasteiger partial charge < -0.3 is 20.6 Å². The van der Waals surface area contributed by atoms with Gasteiger partial charge in [0, 0.05) is 6.07 Å². The van der Waals surface area contributed by atoms with E-state index in [2.05, 4.69) is 15.5 Å².